The maximum atomic E-state index is 11.5. The molecule has 5 nitrogen and oxygen atoms in total. The molecule has 1 N–H and O–H groups in total. The van der Waals surface area contributed by atoms with E-state index in [1.165, 1.54) is 7.11 Å². The number of ether oxygens (including phenoxy) is 3. The Morgan fingerprint density at radius 1 is 1.25 bits per heavy atom. The smallest absolute Gasteiger partial charge is 0.346 e. The Labute approximate surface area is 120 Å². The van der Waals surface area contributed by atoms with Crippen LogP contribution in [0, 0.1) is 0 Å². The number of hydrogen-bond donors (Lipinski definition) is 1. The van der Waals surface area contributed by atoms with Crippen LogP contribution in [0.5, 0.6) is 11.5 Å². The number of nitrogens with one attached hydrogen (secondary N) is 1. The van der Waals surface area contributed by atoms with Gasteiger partial charge in [0.15, 0.2) is 17.6 Å². The molecule has 0 saturated carbocycles. The Hall–Kier alpha value is -1.75. The Kier molecular flexibility index (Phi) is 6.31. The third kappa shape index (κ3) is 4.42. The van der Waals surface area contributed by atoms with E-state index in [2.05, 4.69) is 23.9 Å². The van der Waals surface area contributed by atoms with E-state index >= 15 is 0 Å². The summed E-state index contributed by atoms with van der Waals surface area (Å²) in [6.07, 6.45) is -0.686. The van der Waals surface area contributed by atoms with Gasteiger partial charge in [0, 0.05) is 18.2 Å². The van der Waals surface area contributed by atoms with Crippen LogP contribution in [0.4, 0.5) is 0 Å². The number of hydrogen-bond acceptors (Lipinski definition) is 5. The summed E-state index contributed by atoms with van der Waals surface area (Å²) < 4.78 is 15.7. The highest BCUT2D eigenvalue weighted by molar-refractivity contribution is 5.74. The molecule has 1 aromatic rings. The number of carbonyl (C=O) groups excluding carboxylic acids is 1. The lowest BCUT2D eigenvalue weighted by molar-refractivity contribution is -0.147. The van der Waals surface area contributed by atoms with E-state index in [1.54, 1.807) is 20.1 Å². The summed E-state index contributed by atoms with van der Waals surface area (Å²) in [4.78, 5) is 11.5. The van der Waals surface area contributed by atoms with Crippen LogP contribution in [0.3, 0.4) is 0 Å². The first-order valence-electron chi connectivity index (χ1n) is 6.63. The van der Waals surface area contributed by atoms with Gasteiger partial charge in [-0.1, -0.05) is 26.0 Å². The average Bonchev–Trinajstić information content (AvgIpc) is 2.44. The van der Waals surface area contributed by atoms with Crippen LogP contribution in [0.2, 0.25) is 0 Å². The lowest BCUT2D eigenvalue weighted by atomic mass is 10.1. The van der Waals surface area contributed by atoms with Crippen molar-refractivity contribution in [3.63, 3.8) is 0 Å². The van der Waals surface area contributed by atoms with Crippen LogP contribution in [0.15, 0.2) is 18.2 Å². The highest BCUT2D eigenvalue weighted by atomic mass is 16.6. The Balaban J connectivity index is 2.97. The van der Waals surface area contributed by atoms with Gasteiger partial charge >= 0.3 is 5.97 Å². The largest absolute Gasteiger partial charge is 0.493 e. The molecule has 0 fully saturated rings. The van der Waals surface area contributed by atoms with Crippen molar-refractivity contribution in [2.75, 3.05) is 14.2 Å². The zero-order valence-corrected chi connectivity index (χ0v) is 12.7. The van der Waals surface area contributed by atoms with Gasteiger partial charge in [-0.05, 0) is 13.0 Å². The zero-order chi connectivity index (χ0) is 15.1. The van der Waals surface area contributed by atoms with Crippen molar-refractivity contribution in [2.24, 2.45) is 0 Å². The van der Waals surface area contributed by atoms with Crippen LogP contribution in [-0.4, -0.2) is 32.3 Å². The van der Waals surface area contributed by atoms with Gasteiger partial charge in [-0.25, -0.2) is 4.79 Å². The van der Waals surface area contributed by atoms with Gasteiger partial charge in [0.1, 0.15) is 0 Å². The van der Waals surface area contributed by atoms with Crippen LogP contribution in [0.1, 0.15) is 26.3 Å². The maximum Gasteiger partial charge on any atom is 0.346 e. The Morgan fingerprint density at radius 2 is 1.95 bits per heavy atom. The molecule has 0 spiro atoms. The standard InChI is InChI=1S/C15H23NO4/c1-10(2)16-9-12-7-6-8-13(18-4)14(12)20-11(3)15(17)19-5/h6-8,10-11,16H,9H2,1-5H3. The van der Waals surface area contributed by atoms with E-state index in [4.69, 9.17) is 9.47 Å². The number of benzene rings is 1. The van der Waals surface area contributed by atoms with Gasteiger partial charge < -0.3 is 19.5 Å². The normalized spacial score (nSPS) is 12.1. The van der Waals surface area contributed by atoms with Gasteiger partial charge in [0.2, 0.25) is 0 Å². The summed E-state index contributed by atoms with van der Waals surface area (Å²) in [5, 5.41) is 3.32. The molecule has 0 aromatic heterocycles. The minimum absolute atomic E-state index is 0.354. The molecule has 0 radical (unpaired) electrons. The van der Waals surface area contributed by atoms with Crippen LogP contribution < -0.4 is 14.8 Å². The van der Waals surface area contributed by atoms with Crippen molar-refractivity contribution in [1.82, 2.24) is 5.32 Å². The SMILES string of the molecule is COC(=O)C(C)Oc1c(CNC(C)C)cccc1OC. The molecule has 0 aliphatic rings. The second kappa shape index (κ2) is 7.75. The van der Waals surface area contributed by atoms with E-state index in [1.807, 2.05) is 12.1 Å². The maximum absolute atomic E-state index is 11.5. The number of esters is 1. The number of carbonyl (C=O) groups is 1. The third-order valence-electron chi connectivity index (χ3n) is 2.81. The second-order valence-electron chi connectivity index (χ2n) is 4.77. The first-order chi connectivity index (χ1) is 9.49. The molecule has 0 bridgehead atoms. The second-order valence-corrected chi connectivity index (χ2v) is 4.77. The minimum Gasteiger partial charge on any atom is -0.493 e. The fourth-order valence-corrected chi connectivity index (χ4v) is 1.70. The van der Waals surface area contributed by atoms with Crippen molar-refractivity contribution >= 4 is 5.97 Å². The van der Waals surface area contributed by atoms with Gasteiger partial charge in [-0.2, -0.15) is 0 Å². The number of rotatable bonds is 7. The molecule has 0 aliphatic heterocycles. The third-order valence-corrected chi connectivity index (χ3v) is 2.81. The van der Waals surface area contributed by atoms with E-state index < -0.39 is 12.1 Å². The van der Waals surface area contributed by atoms with E-state index in [9.17, 15) is 4.79 Å². The van der Waals surface area contributed by atoms with Gasteiger partial charge in [-0.15, -0.1) is 0 Å². The van der Waals surface area contributed by atoms with E-state index in [0.717, 1.165) is 5.56 Å². The van der Waals surface area contributed by atoms with Crippen LogP contribution in [-0.2, 0) is 16.1 Å². The van der Waals surface area contributed by atoms with Crippen LogP contribution >= 0.6 is 0 Å². The summed E-state index contributed by atoms with van der Waals surface area (Å²) in [7, 11) is 2.91. The molecule has 0 saturated heterocycles. The Bertz CT molecular complexity index is 445. The van der Waals surface area contributed by atoms with Crippen molar-refractivity contribution in [3.8, 4) is 11.5 Å². The molecule has 1 rings (SSSR count). The fraction of sp³-hybridized carbons (Fsp3) is 0.533. The predicted octanol–water partition coefficient (Wildman–Crippen LogP) is 2.13. The molecule has 0 aliphatic carbocycles. The highest BCUT2D eigenvalue weighted by Gasteiger charge is 2.19. The summed E-state index contributed by atoms with van der Waals surface area (Å²) in [5.74, 6) is 0.753. The predicted molar refractivity (Wildman–Crippen MR) is 77.1 cm³/mol. The van der Waals surface area contributed by atoms with Crippen molar-refractivity contribution in [3.05, 3.63) is 23.8 Å². The fourth-order valence-electron chi connectivity index (χ4n) is 1.70. The molecule has 112 valence electrons. The van der Waals surface area contributed by atoms with E-state index in [-0.39, 0.29) is 0 Å². The molecule has 0 heterocycles. The van der Waals surface area contributed by atoms with Gasteiger partial charge in [0.25, 0.3) is 0 Å². The quantitative estimate of drug-likeness (QED) is 0.776. The topological polar surface area (TPSA) is 56.8 Å². The summed E-state index contributed by atoms with van der Waals surface area (Å²) in [6, 6.07) is 5.99. The molecule has 20 heavy (non-hydrogen) atoms. The van der Waals surface area contributed by atoms with Gasteiger partial charge in [0.05, 0.1) is 14.2 Å². The van der Waals surface area contributed by atoms with Crippen molar-refractivity contribution in [2.45, 2.75) is 39.5 Å². The summed E-state index contributed by atoms with van der Waals surface area (Å²) in [5.41, 5.74) is 0.939. The number of methoxy groups -OCH3 is 2. The average molecular weight is 281 g/mol. The van der Waals surface area contributed by atoms with Crippen molar-refractivity contribution in [1.29, 1.82) is 0 Å². The minimum atomic E-state index is -0.686. The summed E-state index contributed by atoms with van der Waals surface area (Å²) >= 11 is 0. The van der Waals surface area contributed by atoms with Gasteiger partial charge in [-0.3, -0.25) is 0 Å². The molecule has 1 aromatic carbocycles. The molecule has 1 unspecified atom stereocenters. The molecule has 0 amide bonds. The summed E-state index contributed by atoms with van der Waals surface area (Å²) in [6.45, 7) is 6.42. The molecular weight excluding hydrogens is 258 g/mol. The van der Waals surface area contributed by atoms with E-state index in [0.29, 0.717) is 24.1 Å². The molecule has 5 heteroatoms. The monoisotopic (exact) mass is 281 g/mol. The first kappa shape index (κ1) is 16.3. The molecule has 1 atom stereocenters. The van der Waals surface area contributed by atoms with Crippen LogP contribution in [0.25, 0.3) is 0 Å². The lowest BCUT2D eigenvalue weighted by Gasteiger charge is -2.19. The Morgan fingerprint density at radius 3 is 2.50 bits per heavy atom. The highest BCUT2D eigenvalue weighted by Crippen LogP contribution is 2.32. The zero-order valence-electron chi connectivity index (χ0n) is 12.7. The number of para-hydroxylation sites is 1. The first-order valence-corrected chi connectivity index (χ1v) is 6.63. The lowest BCUT2D eigenvalue weighted by Crippen LogP contribution is -2.27. The van der Waals surface area contributed by atoms with Crippen molar-refractivity contribution < 1.29 is 19.0 Å². The molecular formula is C15H23NO4.